The van der Waals surface area contributed by atoms with Gasteiger partial charge in [0, 0.05) is 4.47 Å². The van der Waals surface area contributed by atoms with Crippen molar-refractivity contribution in [3.63, 3.8) is 0 Å². The predicted octanol–water partition coefficient (Wildman–Crippen LogP) is 2.75. The van der Waals surface area contributed by atoms with Gasteiger partial charge in [-0.1, -0.05) is 27.5 Å². The number of nitrogens with zero attached hydrogens (tertiary/aromatic N) is 2. The second-order valence-electron chi connectivity index (χ2n) is 2.16. The normalized spacial score (nSPS) is 10.7. The summed E-state index contributed by atoms with van der Waals surface area (Å²) in [6.07, 6.45) is 1.72. The maximum absolute atomic E-state index is 5.87. The van der Waals surface area contributed by atoms with Crippen LogP contribution in [-0.2, 0) is 0 Å². The number of hydrogen-bond donors (Lipinski definition) is 0. The van der Waals surface area contributed by atoms with Crippen LogP contribution in [0.4, 0.5) is 0 Å². The third kappa shape index (κ3) is 1.14. The van der Waals surface area contributed by atoms with Crippen molar-refractivity contribution in [3.8, 4) is 0 Å². The van der Waals surface area contributed by atoms with Crippen LogP contribution in [-0.4, -0.2) is 9.61 Å². The van der Waals surface area contributed by atoms with Crippen LogP contribution in [0.1, 0.15) is 0 Å². The number of fused-ring (bicyclic) bond motifs is 1. The number of halogens is 2. The van der Waals surface area contributed by atoms with Gasteiger partial charge in [-0.15, -0.1) is 0 Å². The van der Waals surface area contributed by atoms with Crippen molar-refractivity contribution in [2.45, 2.75) is 0 Å². The number of pyridine rings is 1. The van der Waals surface area contributed by atoms with Crippen LogP contribution in [0.25, 0.3) is 5.52 Å². The molecule has 0 saturated carbocycles. The van der Waals surface area contributed by atoms with E-state index in [0.717, 1.165) is 9.99 Å². The Morgan fingerprint density at radius 2 is 2.27 bits per heavy atom. The molecule has 2 heterocycles. The molecular weight excluding hydrogens is 227 g/mol. The third-order valence-electron chi connectivity index (χ3n) is 1.42. The molecule has 0 radical (unpaired) electrons. The van der Waals surface area contributed by atoms with Gasteiger partial charge in [0.2, 0.25) is 0 Å². The molecule has 0 unspecified atom stereocenters. The van der Waals surface area contributed by atoms with Crippen molar-refractivity contribution in [1.29, 1.82) is 0 Å². The lowest BCUT2D eigenvalue weighted by Gasteiger charge is -1.96. The van der Waals surface area contributed by atoms with Gasteiger partial charge in [-0.3, -0.25) is 0 Å². The van der Waals surface area contributed by atoms with Gasteiger partial charge >= 0.3 is 0 Å². The monoisotopic (exact) mass is 230 g/mol. The van der Waals surface area contributed by atoms with Gasteiger partial charge in [0.05, 0.1) is 11.7 Å². The highest BCUT2D eigenvalue weighted by Crippen LogP contribution is 2.19. The molecule has 0 aromatic carbocycles. The maximum atomic E-state index is 5.87. The molecule has 0 N–H and O–H groups in total. The number of rotatable bonds is 0. The molecule has 0 saturated heterocycles. The van der Waals surface area contributed by atoms with Crippen LogP contribution in [0.2, 0.25) is 5.15 Å². The van der Waals surface area contributed by atoms with Gasteiger partial charge in [-0.2, -0.15) is 5.10 Å². The number of aromatic nitrogens is 2. The molecule has 0 fully saturated rings. The van der Waals surface area contributed by atoms with Crippen molar-refractivity contribution < 1.29 is 0 Å². The molecule has 11 heavy (non-hydrogen) atoms. The molecule has 0 aliphatic carbocycles. The maximum Gasteiger partial charge on any atom is 0.132 e. The molecule has 0 atom stereocenters. The fourth-order valence-corrected chi connectivity index (χ4v) is 1.80. The molecule has 0 aliphatic rings. The van der Waals surface area contributed by atoms with Crippen molar-refractivity contribution in [1.82, 2.24) is 9.61 Å². The predicted molar refractivity (Wildman–Crippen MR) is 47.9 cm³/mol. The lowest BCUT2D eigenvalue weighted by atomic mass is 10.4. The molecule has 0 bridgehead atoms. The summed E-state index contributed by atoms with van der Waals surface area (Å²) in [5.74, 6) is 0. The molecule has 0 amide bonds. The van der Waals surface area contributed by atoms with E-state index < -0.39 is 0 Å². The number of hydrogen-bond acceptors (Lipinski definition) is 1. The minimum Gasteiger partial charge on any atom is -0.222 e. The van der Waals surface area contributed by atoms with Crippen LogP contribution in [0, 0.1) is 0 Å². The highest BCUT2D eigenvalue weighted by Gasteiger charge is 1.99. The van der Waals surface area contributed by atoms with Gasteiger partial charge in [-0.05, 0) is 18.2 Å². The summed E-state index contributed by atoms with van der Waals surface area (Å²) < 4.78 is 2.64. The minimum atomic E-state index is 0.611. The van der Waals surface area contributed by atoms with Crippen LogP contribution >= 0.6 is 27.5 Å². The van der Waals surface area contributed by atoms with E-state index in [1.165, 1.54) is 0 Å². The first-order chi connectivity index (χ1) is 5.27. The van der Waals surface area contributed by atoms with Crippen molar-refractivity contribution in [2.75, 3.05) is 0 Å². The topological polar surface area (TPSA) is 17.3 Å². The molecule has 0 spiro atoms. The Morgan fingerprint density at radius 3 is 3.09 bits per heavy atom. The van der Waals surface area contributed by atoms with Gasteiger partial charge in [0.1, 0.15) is 5.15 Å². The molecule has 0 aliphatic heterocycles. The highest BCUT2D eigenvalue weighted by molar-refractivity contribution is 9.10. The van der Waals surface area contributed by atoms with Gasteiger partial charge in [0.15, 0.2) is 0 Å². The summed E-state index contributed by atoms with van der Waals surface area (Å²) in [7, 11) is 0. The first-order valence-corrected chi connectivity index (χ1v) is 4.23. The van der Waals surface area contributed by atoms with Gasteiger partial charge < -0.3 is 0 Å². The Balaban J connectivity index is 2.91. The Bertz CT molecular complexity index is 396. The first kappa shape index (κ1) is 7.13. The lowest BCUT2D eigenvalue weighted by molar-refractivity contribution is 0.960. The summed E-state index contributed by atoms with van der Waals surface area (Å²) in [4.78, 5) is 0. The van der Waals surface area contributed by atoms with Crippen molar-refractivity contribution >= 4 is 33.0 Å². The largest absolute Gasteiger partial charge is 0.222 e. The smallest absolute Gasteiger partial charge is 0.132 e. The lowest BCUT2D eigenvalue weighted by Crippen LogP contribution is -1.87. The second-order valence-corrected chi connectivity index (χ2v) is 3.47. The summed E-state index contributed by atoms with van der Waals surface area (Å²) in [5.41, 5.74) is 0.990. The van der Waals surface area contributed by atoms with E-state index in [-0.39, 0.29) is 0 Å². The van der Waals surface area contributed by atoms with E-state index in [1.54, 1.807) is 10.7 Å². The molecular formula is C7H4BrClN2. The average Bonchev–Trinajstić information content (AvgIpc) is 2.34. The fourth-order valence-electron chi connectivity index (χ4n) is 0.959. The van der Waals surface area contributed by atoms with Crippen LogP contribution in [0.15, 0.2) is 28.9 Å². The van der Waals surface area contributed by atoms with E-state index in [2.05, 4.69) is 21.0 Å². The van der Waals surface area contributed by atoms with E-state index >= 15 is 0 Å². The summed E-state index contributed by atoms with van der Waals surface area (Å²) in [5, 5.41) is 4.63. The van der Waals surface area contributed by atoms with Crippen LogP contribution < -0.4 is 0 Å². The molecule has 2 aromatic rings. The van der Waals surface area contributed by atoms with E-state index in [9.17, 15) is 0 Å². The molecule has 2 nitrogen and oxygen atoms in total. The Hall–Kier alpha value is -0.540. The second kappa shape index (κ2) is 2.50. The molecule has 4 heteroatoms. The van der Waals surface area contributed by atoms with Crippen LogP contribution in [0.3, 0.4) is 0 Å². The SMILES string of the molecule is Clc1cc(Br)cc2ccnn12. The van der Waals surface area contributed by atoms with E-state index in [4.69, 9.17) is 11.6 Å². The zero-order valence-electron chi connectivity index (χ0n) is 5.46. The van der Waals surface area contributed by atoms with E-state index in [1.807, 2.05) is 18.2 Å². The molecule has 2 rings (SSSR count). The van der Waals surface area contributed by atoms with E-state index in [0.29, 0.717) is 5.15 Å². The summed E-state index contributed by atoms with van der Waals surface area (Å²) >= 11 is 9.22. The zero-order valence-corrected chi connectivity index (χ0v) is 7.80. The average molecular weight is 231 g/mol. The Morgan fingerprint density at radius 1 is 1.45 bits per heavy atom. The van der Waals surface area contributed by atoms with Gasteiger partial charge in [0.25, 0.3) is 0 Å². The summed E-state index contributed by atoms with van der Waals surface area (Å²) in [6.45, 7) is 0. The molecule has 56 valence electrons. The van der Waals surface area contributed by atoms with Crippen molar-refractivity contribution in [3.05, 3.63) is 34.0 Å². The minimum absolute atomic E-state index is 0.611. The Labute approximate surface area is 76.9 Å². The third-order valence-corrected chi connectivity index (χ3v) is 2.14. The fraction of sp³-hybridized carbons (Fsp3) is 0. The summed E-state index contributed by atoms with van der Waals surface area (Å²) in [6, 6.07) is 5.66. The Kier molecular flexibility index (Phi) is 1.62. The quantitative estimate of drug-likeness (QED) is 0.637. The molecule has 2 aromatic heterocycles. The first-order valence-electron chi connectivity index (χ1n) is 3.06. The van der Waals surface area contributed by atoms with Crippen LogP contribution in [0.5, 0.6) is 0 Å². The van der Waals surface area contributed by atoms with Gasteiger partial charge in [-0.25, -0.2) is 4.52 Å². The zero-order chi connectivity index (χ0) is 7.84. The standard InChI is InChI=1S/C7H4BrClN2/c8-5-3-6-1-2-10-11(6)7(9)4-5/h1-4H. The highest BCUT2D eigenvalue weighted by atomic mass is 79.9. The van der Waals surface area contributed by atoms with Crippen molar-refractivity contribution in [2.24, 2.45) is 0 Å².